The maximum atomic E-state index is 13.7. The number of nitrogens with zero attached hydrogens (tertiary/aromatic N) is 1. The van der Waals surface area contributed by atoms with Crippen molar-refractivity contribution in [3.8, 4) is 0 Å². The fourth-order valence-electron chi connectivity index (χ4n) is 2.63. The van der Waals surface area contributed by atoms with Crippen LogP contribution in [0.2, 0.25) is 0 Å². The van der Waals surface area contributed by atoms with Crippen LogP contribution in [-0.2, 0) is 9.59 Å². The lowest BCUT2D eigenvalue weighted by atomic mass is 10.2. The number of rotatable bonds is 3. The van der Waals surface area contributed by atoms with Gasteiger partial charge in [-0.05, 0) is 24.3 Å². The molecule has 0 radical (unpaired) electrons. The van der Waals surface area contributed by atoms with Crippen molar-refractivity contribution in [1.29, 1.82) is 0 Å². The molecule has 1 N–H and O–H groups in total. The molecule has 2 amide bonds. The predicted molar refractivity (Wildman–Crippen MR) is 93.7 cm³/mol. The third-order valence-electron chi connectivity index (χ3n) is 3.75. The minimum absolute atomic E-state index is 0.0938. The molecule has 4 nitrogen and oxygen atoms in total. The summed E-state index contributed by atoms with van der Waals surface area (Å²) in [5, 5.41) is 2.48. The fourth-order valence-corrected chi connectivity index (χ4v) is 3.74. The third-order valence-corrected chi connectivity index (χ3v) is 4.92. The molecule has 7 heteroatoms. The van der Waals surface area contributed by atoms with E-state index in [0.717, 1.165) is 17.0 Å². The zero-order valence-electron chi connectivity index (χ0n) is 13.5. The lowest BCUT2D eigenvalue weighted by Crippen LogP contribution is -2.38. The van der Waals surface area contributed by atoms with E-state index in [4.69, 9.17) is 0 Å². The van der Waals surface area contributed by atoms with E-state index in [2.05, 4.69) is 5.32 Å². The summed E-state index contributed by atoms with van der Waals surface area (Å²) in [6.07, 6.45) is 0.303. The number of amides is 2. The van der Waals surface area contributed by atoms with Crippen LogP contribution in [-0.4, -0.2) is 23.6 Å². The molecule has 2 aromatic carbocycles. The average Bonchev–Trinajstić information content (AvgIpc) is 2.66. The molecule has 3 rings (SSSR count). The molecular formula is C18H16F2N2O2S. The van der Waals surface area contributed by atoms with Crippen molar-refractivity contribution in [1.82, 2.24) is 0 Å². The first-order valence-corrected chi connectivity index (χ1v) is 8.63. The van der Waals surface area contributed by atoms with Crippen LogP contribution in [0, 0.1) is 11.6 Å². The number of hydrogen-bond acceptors (Lipinski definition) is 3. The molecule has 130 valence electrons. The van der Waals surface area contributed by atoms with Crippen LogP contribution in [0.3, 0.4) is 0 Å². The molecule has 1 heterocycles. The van der Waals surface area contributed by atoms with Crippen LogP contribution >= 0.6 is 11.8 Å². The number of carbonyl (C=O) groups excluding carboxylic acids is 2. The number of hydrogen-bond donors (Lipinski definition) is 1. The van der Waals surface area contributed by atoms with Crippen molar-refractivity contribution in [2.24, 2.45) is 0 Å². The molecule has 1 unspecified atom stereocenters. The van der Waals surface area contributed by atoms with Gasteiger partial charge in [0.25, 0.3) is 0 Å². The minimum Gasteiger partial charge on any atom is -0.322 e. The lowest BCUT2D eigenvalue weighted by molar-refractivity contribution is -0.121. The zero-order chi connectivity index (χ0) is 18.0. The van der Waals surface area contributed by atoms with Crippen LogP contribution < -0.4 is 10.2 Å². The Hall–Kier alpha value is -2.41. The van der Waals surface area contributed by atoms with E-state index < -0.39 is 17.5 Å². The fraction of sp³-hybridized carbons (Fsp3) is 0.222. The summed E-state index contributed by atoms with van der Waals surface area (Å²) in [6.45, 7) is 1.72. The highest BCUT2D eigenvalue weighted by Gasteiger charge is 2.27. The van der Waals surface area contributed by atoms with Crippen LogP contribution in [0.15, 0.2) is 47.4 Å². The van der Waals surface area contributed by atoms with Crippen molar-refractivity contribution in [2.45, 2.75) is 23.5 Å². The van der Waals surface area contributed by atoms with Gasteiger partial charge in [0.2, 0.25) is 11.8 Å². The molecular weight excluding hydrogens is 346 g/mol. The highest BCUT2D eigenvalue weighted by molar-refractivity contribution is 8.00. The number of carbonyl (C=O) groups is 2. The van der Waals surface area contributed by atoms with Gasteiger partial charge in [-0.25, -0.2) is 8.78 Å². The first kappa shape index (κ1) is 17.4. The molecule has 0 fully saturated rings. The topological polar surface area (TPSA) is 49.4 Å². The van der Waals surface area contributed by atoms with Crippen LogP contribution in [0.4, 0.5) is 20.2 Å². The van der Waals surface area contributed by atoms with Crippen LogP contribution in [0.1, 0.15) is 13.3 Å². The van der Waals surface area contributed by atoms with E-state index in [1.54, 1.807) is 23.9 Å². The number of nitrogens with one attached hydrogen (secondary N) is 1. The SMILES string of the molecule is CC1CC(=O)N(CC(=O)Nc2ccc(F)cc2F)c2ccccc2S1. The summed E-state index contributed by atoms with van der Waals surface area (Å²) in [7, 11) is 0. The molecule has 1 aliphatic rings. The van der Waals surface area contributed by atoms with Gasteiger partial charge in [0.1, 0.15) is 18.2 Å². The van der Waals surface area contributed by atoms with Gasteiger partial charge in [-0.2, -0.15) is 0 Å². The normalized spacial score (nSPS) is 17.0. The largest absolute Gasteiger partial charge is 0.322 e. The first-order chi connectivity index (χ1) is 11.9. The quantitative estimate of drug-likeness (QED) is 0.903. The second-order valence-corrected chi connectivity index (χ2v) is 7.23. The molecule has 1 aliphatic heterocycles. The van der Waals surface area contributed by atoms with E-state index in [9.17, 15) is 18.4 Å². The Bertz CT molecular complexity index is 828. The van der Waals surface area contributed by atoms with Gasteiger partial charge in [0, 0.05) is 22.6 Å². The summed E-state index contributed by atoms with van der Waals surface area (Å²) in [4.78, 5) is 27.1. The molecule has 0 saturated carbocycles. The molecule has 25 heavy (non-hydrogen) atoms. The summed E-state index contributed by atoms with van der Waals surface area (Å²) >= 11 is 1.58. The van der Waals surface area contributed by atoms with Gasteiger partial charge >= 0.3 is 0 Å². The van der Waals surface area contributed by atoms with Gasteiger partial charge in [0.05, 0.1) is 11.4 Å². The van der Waals surface area contributed by atoms with Crippen molar-refractivity contribution in [3.05, 3.63) is 54.1 Å². The minimum atomic E-state index is -0.861. The van der Waals surface area contributed by atoms with Crippen molar-refractivity contribution in [2.75, 3.05) is 16.8 Å². The molecule has 2 aromatic rings. The molecule has 1 atom stereocenters. The van der Waals surface area contributed by atoms with E-state index in [-0.39, 0.29) is 23.4 Å². The number of fused-ring (bicyclic) bond motifs is 1. The van der Waals surface area contributed by atoms with E-state index in [0.29, 0.717) is 18.2 Å². The molecule has 0 spiro atoms. The number of halogens is 2. The summed E-state index contributed by atoms with van der Waals surface area (Å²) in [5.74, 6) is -2.30. The van der Waals surface area contributed by atoms with Crippen molar-refractivity contribution in [3.63, 3.8) is 0 Å². The second-order valence-electron chi connectivity index (χ2n) is 5.75. The van der Waals surface area contributed by atoms with Crippen LogP contribution in [0.5, 0.6) is 0 Å². The summed E-state index contributed by atoms with van der Waals surface area (Å²) < 4.78 is 26.6. The molecule has 0 bridgehead atoms. The zero-order valence-corrected chi connectivity index (χ0v) is 14.3. The second kappa shape index (κ2) is 7.23. The number of thioether (sulfide) groups is 1. The molecule has 0 saturated heterocycles. The van der Waals surface area contributed by atoms with Gasteiger partial charge in [0.15, 0.2) is 0 Å². The van der Waals surface area contributed by atoms with Crippen molar-refractivity contribution >= 4 is 35.0 Å². The Morgan fingerprint density at radius 1 is 1.28 bits per heavy atom. The van der Waals surface area contributed by atoms with E-state index in [1.165, 1.54) is 4.90 Å². The number of benzene rings is 2. The predicted octanol–water partition coefficient (Wildman–Crippen LogP) is 3.82. The highest BCUT2D eigenvalue weighted by atomic mass is 32.2. The van der Waals surface area contributed by atoms with E-state index >= 15 is 0 Å². The summed E-state index contributed by atoms with van der Waals surface area (Å²) in [6, 6.07) is 10.3. The Labute approximate surface area is 148 Å². The maximum absolute atomic E-state index is 13.7. The highest BCUT2D eigenvalue weighted by Crippen LogP contribution is 2.37. The standard InChI is InChI=1S/C18H16F2N2O2S/c1-11-8-18(24)22(15-4-2-3-5-16(15)25-11)10-17(23)21-14-7-6-12(19)9-13(14)20/h2-7,9,11H,8,10H2,1H3,(H,21,23). The first-order valence-electron chi connectivity index (χ1n) is 7.75. The van der Waals surface area contributed by atoms with Gasteiger partial charge in [-0.15, -0.1) is 11.8 Å². The average molecular weight is 362 g/mol. The summed E-state index contributed by atoms with van der Waals surface area (Å²) in [5.41, 5.74) is 0.543. The Morgan fingerprint density at radius 3 is 2.80 bits per heavy atom. The van der Waals surface area contributed by atoms with Crippen LogP contribution in [0.25, 0.3) is 0 Å². The maximum Gasteiger partial charge on any atom is 0.244 e. The Kier molecular flexibility index (Phi) is 5.03. The number of para-hydroxylation sites is 1. The Balaban J connectivity index is 1.81. The Morgan fingerprint density at radius 2 is 2.04 bits per heavy atom. The van der Waals surface area contributed by atoms with E-state index in [1.807, 2.05) is 19.1 Å². The number of anilines is 2. The molecule has 0 aliphatic carbocycles. The van der Waals surface area contributed by atoms with Crippen molar-refractivity contribution < 1.29 is 18.4 Å². The monoisotopic (exact) mass is 362 g/mol. The van der Waals surface area contributed by atoms with Gasteiger partial charge in [-0.3, -0.25) is 9.59 Å². The molecule has 0 aromatic heterocycles. The van der Waals surface area contributed by atoms with Gasteiger partial charge in [-0.1, -0.05) is 19.1 Å². The smallest absolute Gasteiger partial charge is 0.244 e. The third kappa shape index (κ3) is 3.99. The lowest BCUT2D eigenvalue weighted by Gasteiger charge is -2.22. The van der Waals surface area contributed by atoms with Gasteiger partial charge < -0.3 is 10.2 Å².